The molecule has 0 fully saturated rings. The highest BCUT2D eigenvalue weighted by molar-refractivity contribution is 6.73. The van der Waals surface area contributed by atoms with E-state index in [2.05, 4.69) is 25.8 Å². The summed E-state index contributed by atoms with van der Waals surface area (Å²) in [6.07, 6.45) is 3.02. The van der Waals surface area contributed by atoms with Crippen LogP contribution in [0, 0.1) is 0 Å². The predicted molar refractivity (Wildman–Crippen MR) is 121 cm³/mol. The molecule has 3 nitrogen and oxygen atoms in total. The van der Waals surface area contributed by atoms with E-state index >= 15 is 0 Å². The maximum Gasteiger partial charge on any atom is 0.416 e. The number of hydrogen-bond acceptors (Lipinski definition) is 2. The fraction of sp³-hybridized carbons (Fsp3) is 0.542. The first kappa shape index (κ1) is 23.8. The lowest BCUT2D eigenvalue weighted by Crippen LogP contribution is -2.38. The minimum absolute atomic E-state index is 0.319. The first-order chi connectivity index (χ1) is 14.7. The number of imidazole rings is 1. The number of halogens is 3. The van der Waals surface area contributed by atoms with Gasteiger partial charge in [-0.2, -0.15) is 13.2 Å². The smallest absolute Gasteiger partial charge is 0.406 e. The molecule has 0 spiro atoms. The second-order valence-electron chi connectivity index (χ2n) is 8.43. The summed E-state index contributed by atoms with van der Waals surface area (Å²) >= 11 is 0. The summed E-state index contributed by atoms with van der Waals surface area (Å²) in [5.74, 6) is 0.937. The van der Waals surface area contributed by atoms with Crippen LogP contribution in [0.4, 0.5) is 13.2 Å². The zero-order valence-corrected chi connectivity index (χ0v) is 19.9. The molecular formula is C24H33F3N2OSi. The van der Waals surface area contributed by atoms with Crippen molar-refractivity contribution in [1.82, 2.24) is 9.55 Å². The molecule has 0 aliphatic heterocycles. The Bertz CT molecular complexity index is 890. The highest BCUT2D eigenvalue weighted by Gasteiger charge is 2.36. The van der Waals surface area contributed by atoms with Gasteiger partial charge in [0.1, 0.15) is 5.82 Å². The van der Waals surface area contributed by atoms with Gasteiger partial charge in [-0.3, -0.25) is 0 Å². The van der Waals surface area contributed by atoms with Gasteiger partial charge in [0.05, 0.1) is 11.7 Å². The largest absolute Gasteiger partial charge is 0.416 e. The highest BCUT2D eigenvalue weighted by atomic mass is 28.4. The molecule has 0 radical (unpaired) electrons. The van der Waals surface area contributed by atoms with Gasteiger partial charge in [-0.1, -0.05) is 32.9 Å². The third kappa shape index (κ3) is 5.14. The molecule has 3 rings (SSSR count). The van der Waals surface area contributed by atoms with Gasteiger partial charge in [-0.15, -0.1) is 0 Å². The summed E-state index contributed by atoms with van der Waals surface area (Å²) in [4.78, 5) is 4.58. The van der Waals surface area contributed by atoms with Gasteiger partial charge >= 0.3 is 6.18 Å². The predicted octanol–water partition coefficient (Wildman–Crippen LogP) is 7.53. The first-order valence-electron chi connectivity index (χ1n) is 11.3. The van der Waals surface area contributed by atoms with Crippen LogP contribution in [0.5, 0.6) is 0 Å². The number of aryl methyl sites for hydroxylation is 1. The average molecular weight is 451 g/mol. The minimum Gasteiger partial charge on any atom is -0.406 e. The Kier molecular flexibility index (Phi) is 7.47. The molecule has 1 heterocycles. The van der Waals surface area contributed by atoms with E-state index in [1.807, 2.05) is 17.8 Å². The quantitative estimate of drug-likeness (QED) is 0.389. The number of rotatable bonds is 8. The van der Waals surface area contributed by atoms with E-state index in [-0.39, 0.29) is 6.10 Å². The third-order valence-electron chi connectivity index (χ3n) is 6.76. The summed E-state index contributed by atoms with van der Waals surface area (Å²) in [6, 6.07) is 8.54. The Morgan fingerprint density at radius 2 is 1.65 bits per heavy atom. The summed E-state index contributed by atoms with van der Waals surface area (Å²) in [7, 11) is -0.0242. The molecule has 31 heavy (non-hydrogen) atoms. The Morgan fingerprint density at radius 1 is 1.03 bits per heavy atom. The molecule has 0 bridgehead atoms. The lowest BCUT2D eigenvalue weighted by Gasteiger charge is -2.37. The van der Waals surface area contributed by atoms with Crippen LogP contribution < -0.4 is 0 Å². The van der Waals surface area contributed by atoms with E-state index in [0.717, 1.165) is 55.2 Å². The van der Waals surface area contributed by atoms with Gasteiger partial charge in [0.25, 0.3) is 0 Å². The molecule has 0 saturated carbocycles. The molecule has 1 atom stereocenters. The molecule has 1 aromatic heterocycles. The van der Waals surface area contributed by atoms with Gasteiger partial charge in [-0.05, 0) is 72.7 Å². The van der Waals surface area contributed by atoms with Crippen LogP contribution in [0.3, 0.4) is 0 Å². The van der Waals surface area contributed by atoms with Crippen molar-refractivity contribution in [3.8, 4) is 0 Å². The average Bonchev–Trinajstić information content (AvgIpc) is 3.20. The molecule has 1 aromatic carbocycles. The van der Waals surface area contributed by atoms with Gasteiger partial charge in [0.2, 0.25) is 0 Å². The van der Waals surface area contributed by atoms with E-state index < -0.39 is 20.1 Å². The van der Waals surface area contributed by atoms with Crippen molar-refractivity contribution >= 4 is 13.9 Å². The van der Waals surface area contributed by atoms with Crippen LogP contribution in [-0.2, 0) is 17.6 Å². The Hall–Kier alpha value is -1.86. The number of allylic oxidation sites excluding steroid dienone is 1. The maximum absolute atomic E-state index is 13.2. The molecule has 0 N–H and O–H groups in total. The van der Waals surface area contributed by atoms with Crippen LogP contribution in [0.25, 0.3) is 5.57 Å². The van der Waals surface area contributed by atoms with Crippen molar-refractivity contribution < 1.29 is 17.6 Å². The third-order valence-corrected chi connectivity index (χ3v) is 11.4. The number of nitrogens with zero attached hydrogens (tertiary/aromatic N) is 2. The van der Waals surface area contributed by atoms with E-state index in [1.165, 1.54) is 23.3 Å². The molecule has 0 amide bonds. The minimum atomic E-state index is -4.34. The van der Waals surface area contributed by atoms with Gasteiger partial charge in [0, 0.05) is 19.4 Å². The number of hydrogen-bond donors (Lipinski definition) is 0. The topological polar surface area (TPSA) is 27.1 Å². The lowest BCUT2D eigenvalue weighted by atomic mass is 9.85. The standard InChI is InChI=1S/C24H33F3N2OSi/c1-5-31(6-2,7-3)30-22(18-12-14-19(15-13-18)24(25,26)27)20-10-8-9-11-21(20)23-28-16-17-29(23)4/h12-17,22H,5-11H2,1-4H3. The lowest BCUT2D eigenvalue weighted by molar-refractivity contribution is -0.137. The number of aromatic nitrogens is 2. The zero-order chi connectivity index (χ0) is 22.6. The summed E-state index contributed by atoms with van der Waals surface area (Å²) < 4.78 is 48.5. The monoisotopic (exact) mass is 450 g/mol. The van der Waals surface area contributed by atoms with Crippen molar-refractivity contribution in [3.05, 3.63) is 59.2 Å². The molecule has 170 valence electrons. The van der Waals surface area contributed by atoms with Crippen molar-refractivity contribution in [1.29, 1.82) is 0 Å². The van der Waals surface area contributed by atoms with Gasteiger partial charge in [0.15, 0.2) is 8.32 Å². The normalized spacial score (nSPS) is 16.6. The van der Waals surface area contributed by atoms with Gasteiger partial charge < -0.3 is 8.99 Å². The van der Waals surface area contributed by atoms with E-state index in [4.69, 9.17) is 4.43 Å². The van der Waals surface area contributed by atoms with E-state index in [0.29, 0.717) is 0 Å². The van der Waals surface area contributed by atoms with Crippen LogP contribution >= 0.6 is 0 Å². The fourth-order valence-electron chi connectivity index (χ4n) is 4.57. The molecule has 2 aromatic rings. The first-order valence-corrected chi connectivity index (χ1v) is 13.8. The Balaban J connectivity index is 2.13. The Morgan fingerprint density at radius 3 is 2.16 bits per heavy atom. The molecule has 1 unspecified atom stereocenters. The molecule has 7 heteroatoms. The zero-order valence-electron chi connectivity index (χ0n) is 18.9. The van der Waals surface area contributed by atoms with Crippen molar-refractivity contribution in [3.63, 3.8) is 0 Å². The molecular weight excluding hydrogens is 417 g/mol. The second kappa shape index (κ2) is 9.73. The number of alkyl halides is 3. The van der Waals surface area contributed by atoms with Crippen molar-refractivity contribution in [2.24, 2.45) is 7.05 Å². The maximum atomic E-state index is 13.2. The van der Waals surface area contributed by atoms with Crippen LogP contribution in [0.2, 0.25) is 18.1 Å². The SMILES string of the molecule is CC[Si](CC)(CC)OC(C1=C(c2nccn2C)CCCC1)c1ccc(C(F)(F)F)cc1. The van der Waals surface area contributed by atoms with Crippen molar-refractivity contribution in [2.75, 3.05) is 0 Å². The van der Waals surface area contributed by atoms with Gasteiger partial charge in [-0.25, -0.2) is 4.98 Å². The summed E-state index contributed by atoms with van der Waals surface area (Å²) in [6.45, 7) is 6.54. The fourth-order valence-corrected chi connectivity index (χ4v) is 7.35. The molecule has 0 saturated heterocycles. The summed E-state index contributed by atoms with van der Waals surface area (Å²) in [5, 5.41) is 0. The van der Waals surface area contributed by atoms with Crippen LogP contribution in [-0.4, -0.2) is 17.9 Å². The Labute approximate surface area is 184 Å². The summed E-state index contributed by atoms with van der Waals surface area (Å²) in [5.41, 5.74) is 2.56. The molecule has 1 aliphatic carbocycles. The van der Waals surface area contributed by atoms with E-state index in [9.17, 15) is 13.2 Å². The van der Waals surface area contributed by atoms with Crippen LogP contribution in [0.15, 0.2) is 42.2 Å². The molecule has 1 aliphatic rings. The van der Waals surface area contributed by atoms with Crippen molar-refractivity contribution in [2.45, 2.75) is 76.9 Å². The highest BCUT2D eigenvalue weighted by Crippen LogP contribution is 2.43. The van der Waals surface area contributed by atoms with Crippen LogP contribution in [0.1, 0.15) is 69.5 Å². The van der Waals surface area contributed by atoms with E-state index in [1.54, 1.807) is 18.3 Å². The number of benzene rings is 1. The second-order valence-corrected chi connectivity index (χ2v) is 13.2.